The van der Waals surface area contributed by atoms with Gasteiger partial charge in [0.05, 0.1) is 6.04 Å². The Labute approximate surface area is 203 Å². The molecule has 5 unspecified atom stereocenters. The van der Waals surface area contributed by atoms with Crippen molar-refractivity contribution in [2.24, 2.45) is 11.7 Å². The van der Waals surface area contributed by atoms with E-state index in [-0.39, 0.29) is 18.1 Å². The molecule has 1 heterocycles. The number of rotatable bonds is 12. The molecule has 2 aromatic rings. The Hall–Kier alpha value is -3.05. The van der Waals surface area contributed by atoms with Crippen molar-refractivity contribution in [3.63, 3.8) is 0 Å². The van der Waals surface area contributed by atoms with Gasteiger partial charge in [-0.05, 0) is 30.9 Å². The highest BCUT2D eigenvalue weighted by Gasteiger charge is 2.29. The number of carbonyl (C=O) groups is 4. The van der Waals surface area contributed by atoms with Crippen LogP contribution in [-0.4, -0.2) is 63.7 Å². The molecule has 7 N–H and O–H groups in total. The van der Waals surface area contributed by atoms with Crippen LogP contribution in [-0.2, 0) is 25.6 Å². The lowest BCUT2D eigenvalue weighted by Crippen LogP contribution is -2.57. The normalized spacial score (nSPS) is 15.6. The number of nitrogens with two attached hydrogens (primary N) is 1. The molecular formula is C23H33N5O5S. The molecule has 11 heteroatoms. The summed E-state index contributed by atoms with van der Waals surface area (Å²) in [5, 5.41) is 17.8. The van der Waals surface area contributed by atoms with Crippen molar-refractivity contribution in [2.75, 3.05) is 5.75 Å². The van der Waals surface area contributed by atoms with Gasteiger partial charge in [0.1, 0.15) is 18.1 Å². The van der Waals surface area contributed by atoms with Gasteiger partial charge in [-0.2, -0.15) is 12.6 Å². The van der Waals surface area contributed by atoms with Crippen molar-refractivity contribution in [3.8, 4) is 0 Å². The van der Waals surface area contributed by atoms with Crippen molar-refractivity contribution < 1.29 is 24.3 Å². The fraction of sp³-hybridized carbons (Fsp3) is 0.478. The zero-order chi connectivity index (χ0) is 25.4. The first-order chi connectivity index (χ1) is 16.1. The maximum absolute atomic E-state index is 12.6. The molecule has 1 aromatic carbocycles. The highest BCUT2D eigenvalue weighted by atomic mass is 32.1. The largest absolute Gasteiger partial charge is 0.480 e. The van der Waals surface area contributed by atoms with Crippen LogP contribution >= 0.6 is 12.6 Å². The summed E-state index contributed by atoms with van der Waals surface area (Å²) in [5.74, 6) is -3.24. The number of thiol groups is 1. The minimum absolute atomic E-state index is 0.0175. The number of para-hydroxylation sites is 1. The monoisotopic (exact) mass is 491 g/mol. The second-order valence-corrected chi connectivity index (χ2v) is 8.72. The van der Waals surface area contributed by atoms with Crippen LogP contribution in [0.25, 0.3) is 10.9 Å². The Morgan fingerprint density at radius 3 is 2.35 bits per heavy atom. The van der Waals surface area contributed by atoms with Gasteiger partial charge in [0, 0.05) is 22.9 Å². The zero-order valence-electron chi connectivity index (χ0n) is 19.5. The van der Waals surface area contributed by atoms with Gasteiger partial charge in [0.15, 0.2) is 0 Å². The van der Waals surface area contributed by atoms with E-state index in [1.54, 1.807) is 13.1 Å². The van der Waals surface area contributed by atoms with E-state index in [2.05, 4.69) is 33.6 Å². The topological polar surface area (TPSA) is 166 Å². The van der Waals surface area contributed by atoms with Crippen molar-refractivity contribution in [1.29, 1.82) is 0 Å². The molecule has 0 aliphatic carbocycles. The molecule has 0 spiro atoms. The lowest BCUT2D eigenvalue weighted by molar-refractivity contribution is -0.143. The maximum Gasteiger partial charge on any atom is 0.326 e. The van der Waals surface area contributed by atoms with Gasteiger partial charge in [-0.15, -0.1) is 0 Å². The summed E-state index contributed by atoms with van der Waals surface area (Å²) >= 11 is 4.13. The molecule has 0 aliphatic rings. The molecule has 186 valence electrons. The Morgan fingerprint density at radius 2 is 1.74 bits per heavy atom. The summed E-state index contributed by atoms with van der Waals surface area (Å²) in [4.78, 5) is 52.2. The third-order valence-electron chi connectivity index (χ3n) is 5.80. The minimum atomic E-state index is -1.15. The second kappa shape index (κ2) is 12.4. The molecule has 1 aromatic heterocycles. The van der Waals surface area contributed by atoms with Crippen molar-refractivity contribution in [3.05, 3.63) is 36.0 Å². The molecule has 34 heavy (non-hydrogen) atoms. The predicted octanol–water partition coefficient (Wildman–Crippen LogP) is 0.573. The molecule has 0 radical (unpaired) electrons. The number of aromatic nitrogens is 1. The first kappa shape index (κ1) is 27.2. The first-order valence-electron chi connectivity index (χ1n) is 11.1. The molecule has 3 amide bonds. The van der Waals surface area contributed by atoms with Crippen molar-refractivity contribution >= 4 is 47.2 Å². The summed E-state index contributed by atoms with van der Waals surface area (Å²) in [5.41, 5.74) is 7.89. The van der Waals surface area contributed by atoms with Crippen LogP contribution in [0.2, 0.25) is 0 Å². The predicted molar refractivity (Wildman–Crippen MR) is 132 cm³/mol. The number of aliphatic carboxylic acids is 1. The van der Waals surface area contributed by atoms with E-state index in [0.717, 1.165) is 16.5 Å². The summed E-state index contributed by atoms with van der Waals surface area (Å²) < 4.78 is 0. The van der Waals surface area contributed by atoms with E-state index in [1.165, 1.54) is 6.92 Å². The van der Waals surface area contributed by atoms with Crippen LogP contribution in [0.15, 0.2) is 30.5 Å². The van der Waals surface area contributed by atoms with Crippen LogP contribution in [0.3, 0.4) is 0 Å². The van der Waals surface area contributed by atoms with Crippen LogP contribution < -0.4 is 21.7 Å². The number of carboxylic acids is 1. The van der Waals surface area contributed by atoms with Gasteiger partial charge in [-0.1, -0.05) is 38.5 Å². The van der Waals surface area contributed by atoms with Gasteiger partial charge in [0.25, 0.3) is 0 Å². The van der Waals surface area contributed by atoms with E-state index in [1.807, 2.05) is 31.2 Å². The molecule has 0 saturated carbocycles. The van der Waals surface area contributed by atoms with Crippen LogP contribution in [0.5, 0.6) is 0 Å². The minimum Gasteiger partial charge on any atom is -0.480 e. The highest BCUT2D eigenvalue weighted by Crippen LogP contribution is 2.18. The van der Waals surface area contributed by atoms with Crippen LogP contribution in [0.1, 0.15) is 32.8 Å². The Bertz CT molecular complexity index is 1030. The summed E-state index contributed by atoms with van der Waals surface area (Å²) in [6.07, 6.45) is 2.62. The summed E-state index contributed by atoms with van der Waals surface area (Å²) in [6.45, 7) is 4.97. The smallest absolute Gasteiger partial charge is 0.326 e. The van der Waals surface area contributed by atoms with E-state index in [4.69, 9.17) is 5.73 Å². The van der Waals surface area contributed by atoms with E-state index in [9.17, 15) is 24.3 Å². The first-order valence-corrected chi connectivity index (χ1v) is 11.8. The third kappa shape index (κ3) is 6.97. The average Bonchev–Trinajstić information content (AvgIpc) is 3.22. The maximum atomic E-state index is 12.6. The number of hydrogen-bond acceptors (Lipinski definition) is 6. The molecule has 0 saturated heterocycles. The van der Waals surface area contributed by atoms with Gasteiger partial charge >= 0.3 is 5.97 Å². The van der Waals surface area contributed by atoms with E-state index >= 15 is 0 Å². The number of hydrogen-bond donors (Lipinski definition) is 7. The SMILES string of the molecule is CCC(C)C(NC(=O)C(C)NC(=O)C(CS)NC(=O)C(N)Cc1c[nH]c2ccccc12)C(=O)O. The fourth-order valence-electron chi connectivity index (χ4n) is 3.44. The lowest BCUT2D eigenvalue weighted by Gasteiger charge is -2.24. The number of nitrogens with one attached hydrogen (secondary N) is 4. The van der Waals surface area contributed by atoms with Gasteiger partial charge in [-0.25, -0.2) is 4.79 Å². The highest BCUT2D eigenvalue weighted by molar-refractivity contribution is 7.80. The quantitative estimate of drug-likeness (QED) is 0.214. The average molecular weight is 492 g/mol. The Kier molecular flexibility index (Phi) is 9.94. The number of carbonyl (C=O) groups excluding carboxylic acids is 3. The summed E-state index contributed by atoms with van der Waals surface area (Å²) in [7, 11) is 0. The fourth-order valence-corrected chi connectivity index (χ4v) is 3.70. The van der Waals surface area contributed by atoms with Gasteiger partial charge in [0.2, 0.25) is 17.7 Å². The number of benzene rings is 1. The van der Waals surface area contributed by atoms with Crippen molar-refractivity contribution in [2.45, 2.75) is 57.8 Å². The Morgan fingerprint density at radius 1 is 1.06 bits per heavy atom. The number of H-pyrrole nitrogens is 1. The molecule has 10 nitrogen and oxygen atoms in total. The number of aromatic amines is 1. The molecule has 0 bridgehead atoms. The Balaban J connectivity index is 1.94. The van der Waals surface area contributed by atoms with E-state index < -0.39 is 47.9 Å². The van der Waals surface area contributed by atoms with Gasteiger partial charge < -0.3 is 31.8 Å². The number of amides is 3. The molecule has 0 fully saturated rings. The second-order valence-electron chi connectivity index (χ2n) is 8.35. The van der Waals surface area contributed by atoms with Gasteiger partial charge in [-0.3, -0.25) is 14.4 Å². The number of fused-ring (bicyclic) bond motifs is 1. The van der Waals surface area contributed by atoms with Crippen molar-refractivity contribution in [1.82, 2.24) is 20.9 Å². The molecular weight excluding hydrogens is 458 g/mol. The summed E-state index contributed by atoms with van der Waals surface area (Å²) in [6, 6.07) is 3.64. The molecule has 2 rings (SSSR count). The third-order valence-corrected chi connectivity index (χ3v) is 6.16. The van der Waals surface area contributed by atoms with E-state index in [0.29, 0.717) is 6.42 Å². The lowest BCUT2D eigenvalue weighted by atomic mass is 9.99. The van der Waals surface area contributed by atoms with Crippen LogP contribution in [0, 0.1) is 5.92 Å². The number of carboxylic acid groups (broad SMARTS) is 1. The zero-order valence-corrected chi connectivity index (χ0v) is 20.4. The standard InChI is InChI=1S/C23H33N5O5S/c1-4-12(2)19(23(32)33)28-20(29)13(3)26-22(31)18(11-34)27-21(30)16(24)9-14-10-25-17-8-6-5-7-15(14)17/h5-8,10,12-13,16,18-19,25,34H,4,9,11,24H2,1-3H3,(H,26,31)(H,27,30)(H,28,29)(H,32,33). The molecule has 0 aliphatic heterocycles. The molecule has 5 atom stereocenters. The van der Waals surface area contributed by atoms with Crippen LogP contribution in [0.4, 0.5) is 0 Å².